The number of halogens is 4. The lowest BCUT2D eigenvalue weighted by atomic mass is 9.91. The number of hydrogen-bond donors (Lipinski definition) is 3. The number of carbonyl (C=O) groups is 1. The molecule has 0 radical (unpaired) electrons. The summed E-state index contributed by atoms with van der Waals surface area (Å²) in [6.07, 6.45) is 0.842. The number of carbonyl (C=O) groups excluding carboxylic acids is 1. The first-order valence-corrected chi connectivity index (χ1v) is 13.7. The number of fused-ring (bicyclic) bond motifs is 1. The molecule has 226 valence electrons. The van der Waals surface area contributed by atoms with Crippen molar-refractivity contribution in [3.05, 3.63) is 65.7 Å². The number of alkyl halides is 4. The van der Waals surface area contributed by atoms with Crippen molar-refractivity contribution >= 4 is 17.1 Å². The molecule has 4 aromatic rings. The molecule has 0 aromatic carbocycles. The van der Waals surface area contributed by atoms with Crippen molar-refractivity contribution in [2.45, 2.75) is 69.6 Å². The van der Waals surface area contributed by atoms with Crippen LogP contribution in [-0.4, -0.2) is 59.8 Å². The molecule has 0 bridgehead atoms. The fourth-order valence-corrected chi connectivity index (χ4v) is 5.07. The summed E-state index contributed by atoms with van der Waals surface area (Å²) in [5.41, 5.74) is 0.352. The Hall–Kier alpha value is -4.51. The van der Waals surface area contributed by atoms with Gasteiger partial charge in [-0.15, -0.1) is 0 Å². The molecule has 1 aliphatic rings. The number of amides is 1. The van der Waals surface area contributed by atoms with Crippen LogP contribution in [0.15, 0.2) is 49.1 Å². The highest BCUT2D eigenvalue weighted by Crippen LogP contribution is 2.34. The first-order valence-electron chi connectivity index (χ1n) is 13.7. The molecule has 10 nitrogen and oxygen atoms in total. The first kappa shape index (κ1) is 30.0. The Morgan fingerprint density at radius 1 is 1.14 bits per heavy atom. The van der Waals surface area contributed by atoms with Crippen LogP contribution in [-0.2, 0) is 6.18 Å². The molecule has 1 fully saturated rings. The molecule has 14 heteroatoms. The van der Waals surface area contributed by atoms with Crippen LogP contribution in [0.1, 0.15) is 67.1 Å². The van der Waals surface area contributed by atoms with Crippen LogP contribution in [0, 0.1) is 11.3 Å². The molecule has 0 saturated heterocycles. The van der Waals surface area contributed by atoms with E-state index in [9.17, 15) is 32.7 Å². The highest BCUT2D eigenvalue weighted by molar-refractivity contribution is 6.00. The Labute approximate surface area is 244 Å². The fourth-order valence-electron chi connectivity index (χ4n) is 5.07. The van der Waals surface area contributed by atoms with Crippen molar-refractivity contribution in [3.63, 3.8) is 0 Å². The van der Waals surface area contributed by atoms with E-state index in [1.54, 1.807) is 28.8 Å². The molecule has 4 heterocycles. The second-order valence-electron chi connectivity index (χ2n) is 11.2. The van der Waals surface area contributed by atoms with Crippen LogP contribution in [0.25, 0.3) is 16.9 Å². The Balaban J connectivity index is 1.38. The molecule has 43 heavy (non-hydrogen) atoms. The molecular formula is C29H30F4N8O2. The molecule has 1 amide bonds. The second kappa shape index (κ2) is 11.6. The van der Waals surface area contributed by atoms with Crippen LogP contribution in [0.3, 0.4) is 0 Å². The van der Waals surface area contributed by atoms with Gasteiger partial charge in [-0.05, 0) is 63.8 Å². The van der Waals surface area contributed by atoms with Crippen LogP contribution in [0.4, 0.5) is 23.2 Å². The van der Waals surface area contributed by atoms with Crippen molar-refractivity contribution in [1.29, 1.82) is 5.26 Å². The third-order valence-corrected chi connectivity index (χ3v) is 7.61. The number of hydrogen-bond acceptors (Lipinski definition) is 7. The SMILES string of the molecule is CC(C)(O)[C@H](F)CNC(=O)c1cnc(-c2ccc3cc(C#N)cnn23)cc1NC1CCC(n2cc(C(F)(F)F)cn2)CC1. The molecule has 3 N–H and O–H groups in total. The van der Waals surface area contributed by atoms with Gasteiger partial charge in [0.25, 0.3) is 5.91 Å². The lowest BCUT2D eigenvalue weighted by Gasteiger charge is -2.30. The topological polar surface area (TPSA) is 133 Å². The van der Waals surface area contributed by atoms with Gasteiger partial charge in [-0.3, -0.25) is 14.5 Å². The quantitative estimate of drug-likeness (QED) is 0.245. The van der Waals surface area contributed by atoms with Crippen LogP contribution < -0.4 is 10.6 Å². The van der Waals surface area contributed by atoms with Crippen molar-refractivity contribution in [1.82, 2.24) is 29.7 Å². The predicted molar refractivity (Wildman–Crippen MR) is 149 cm³/mol. The smallest absolute Gasteiger partial charge is 0.387 e. The summed E-state index contributed by atoms with van der Waals surface area (Å²) in [6.45, 7) is 2.21. The van der Waals surface area contributed by atoms with E-state index in [0.717, 1.165) is 12.4 Å². The van der Waals surface area contributed by atoms with Gasteiger partial charge in [0.1, 0.15) is 12.2 Å². The molecule has 5 rings (SSSR count). The number of anilines is 1. The average molecular weight is 599 g/mol. The zero-order chi connectivity index (χ0) is 30.9. The number of nitriles is 1. The van der Waals surface area contributed by atoms with E-state index in [1.165, 1.54) is 30.9 Å². The van der Waals surface area contributed by atoms with Crippen LogP contribution in [0.5, 0.6) is 0 Å². The van der Waals surface area contributed by atoms with E-state index >= 15 is 0 Å². The van der Waals surface area contributed by atoms with E-state index in [1.807, 2.05) is 6.07 Å². The highest BCUT2D eigenvalue weighted by atomic mass is 19.4. The number of aromatic nitrogens is 5. The minimum absolute atomic E-state index is 0.110. The molecule has 0 unspecified atom stereocenters. The van der Waals surface area contributed by atoms with Gasteiger partial charge in [-0.25, -0.2) is 8.91 Å². The summed E-state index contributed by atoms with van der Waals surface area (Å²) in [5, 5.41) is 33.3. The number of pyridine rings is 1. The van der Waals surface area contributed by atoms with Gasteiger partial charge in [0.2, 0.25) is 0 Å². The van der Waals surface area contributed by atoms with Crippen molar-refractivity contribution in [2.24, 2.45) is 0 Å². The molecule has 1 aliphatic carbocycles. The maximum atomic E-state index is 14.4. The van der Waals surface area contributed by atoms with Gasteiger partial charge >= 0.3 is 6.18 Å². The van der Waals surface area contributed by atoms with Gasteiger partial charge in [0.05, 0.1) is 69.9 Å². The fraction of sp³-hybridized carbons (Fsp3) is 0.414. The monoisotopic (exact) mass is 598 g/mol. The van der Waals surface area contributed by atoms with Gasteiger partial charge < -0.3 is 15.7 Å². The molecule has 0 spiro atoms. The third-order valence-electron chi connectivity index (χ3n) is 7.61. The van der Waals surface area contributed by atoms with Crippen molar-refractivity contribution in [2.75, 3.05) is 11.9 Å². The zero-order valence-corrected chi connectivity index (χ0v) is 23.4. The molecule has 1 saturated carbocycles. The predicted octanol–water partition coefficient (Wildman–Crippen LogP) is 4.92. The first-order chi connectivity index (χ1) is 20.3. The van der Waals surface area contributed by atoms with Gasteiger partial charge in [-0.1, -0.05) is 0 Å². The van der Waals surface area contributed by atoms with E-state index in [4.69, 9.17) is 0 Å². The van der Waals surface area contributed by atoms with E-state index in [-0.39, 0.29) is 17.6 Å². The maximum absolute atomic E-state index is 14.4. The van der Waals surface area contributed by atoms with Crippen LogP contribution >= 0.6 is 0 Å². The summed E-state index contributed by atoms with van der Waals surface area (Å²) >= 11 is 0. The molecular weight excluding hydrogens is 568 g/mol. The van der Waals surface area contributed by atoms with Crippen molar-refractivity contribution in [3.8, 4) is 17.5 Å². The molecule has 0 aliphatic heterocycles. The lowest BCUT2D eigenvalue weighted by Crippen LogP contribution is -2.42. The summed E-state index contributed by atoms with van der Waals surface area (Å²) in [7, 11) is 0. The average Bonchev–Trinajstić information content (AvgIpc) is 3.63. The third kappa shape index (κ3) is 6.61. The number of aliphatic hydroxyl groups is 1. The minimum atomic E-state index is -4.46. The normalized spacial score (nSPS) is 18.3. The molecule has 1 atom stereocenters. The number of nitrogens with zero attached hydrogens (tertiary/aromatic N) is 6. The minimum Gasteiger partial charge on any atom is -0.387 e. The largest absolute Gasteiger partial charge is 0.419 e. The maximum Gasteiger partial charge on any atom is 0.419 e. The Bertz CT molecular complexity index is 1660. The van der Waals surface area contributed by atoms with Gasteiger partial charge in [-0.2, -0.15) is 28.6 Å². The van der Waals surface area contributed by atoms with Gasteiger partial charge in [0.15, 0.2) is 0 Å². The summed E-state index contributed by atoms with van der Waals surface area (Å²) in [6, 6.07) is 8.70. The lowest BCUT2D eigenvalue weighted by molar-refractivity contribution is -0.137. The Morgan fingerprint density at radius 2 is 1.88 bits per heavy atom. The van der Waals surface area contributed by atoms with Gasteiger partial charge in [0, 0.05) is 18.4 Å². The Kier molecular flexibility index (Phi) is 8.11. The second-order valence-corrected chi connectivity index (χ2v) is 11.2. The number of rotatable bonds is 8. The van der Waals surface area contributed by atoms with E-state index in [2.05, 4.69) is 25.8 Å². The zero-order valence-electron chi connectivity index (χ0n) is 23.4. The highest BCUT2D eigenvalue weighted by Gasteiger charge is 2.34. The summed E-state index contributed by atoms with van der Waals surface area (Å²) in [5.74, 6) is -0.588. The molecule has 4 aromatic heterocycles. The van der Waals surface area contributed by atoms with E-state index < -0.39 is 36.0 Å². The summed E-state index contributed by atoms with van der Waals surface area (Å²) in [4.78, 5) is 17.6. The van der Waals surface area contributed by atoms with Crippen LogP contribution in [0.2, 0.25) is 0 Å². The Morgan fingerprint density at radius 3 is 2.53 bits per heavy atom. The van der Waals surface area contributed by atoms with E-state index in [0.29, 0.717) is 53.8 Å². The standard InChI is InChI=1S/C29H30F4N8O2/c1-28(2,43)26(30)15-36-27(42)22-14-35-24(25-8-7-21-9-17(11-34)12-38-41(21)25)10-23(22)39-19-3-5-20(6-4-19)40-16-18(13-37-40)29(31,32)33/h7-10,12-14,16,19-20,26,43H,3-6,15H2,1-2H3,(H,35,39)(H,36,42)/t19?,20?,26-/m1/s1. The van der Waals surface area contributed by atoms with Crippen molar-refractivity contribution < 1.29 is 27.5 Å². The number of nitrogens with one attached hydrogen (secondary N) is 2. The summed E-state index contributed by atoms with van der Waals surface area (Å²) < 4.78 is 56.4.